The van der Waals surface area contributed by atoms with Crippen molar-refractivity contribution >= 4 is 12.0 Å². The maximum Gasteiger partial charge on any atom is 0.328 e. The summed E-state index contributed by atoms with van der Waals surface area (Å²) in [6.07, 6.45) is 5.99. The van der Waals surface area contributed by atoms with E-state index in [1.807, 2.05) is 18.2 Å². The van der Waals surface area contributed by atoms with Crippen molar-refractivity contribution in [2.45, 2.75) is 31.8 Å². The Morgan fingerprint density at radius 1 is 1.17 bits per heavy atom. The van der Waals surface area contributed by atoms with E-state index < -0.39 is 5.97 Å². The van der Waals surface area contributed by atoms with E-state index >= 15 is 0 Å². The molecule has 23 heavy (non-hydrogen) atoms. The molecule has 0 radical (unpaired) electrons. The van der Waals surface area contributed by atoms with Crippen molar-refractivity contribution in [2.75, 3.05) is 0 Å². The molecule has 1 aliphatic carbocycles. The number of nitrogens with one attached hydrogen (secondary N) is 1. The van der Waals surface area contributed by atoms with Gasteiger partial charge in [-0.25, -0.2) is 4.79 Å². The fourth-order valence-corrected chi connectivity index (χ4v) is 3.19. The predicted octanol–water partition coefficient (Wildman–Crippen LogP) is 3.43. The summed E-state index contributed by atoms with van der Waals surface area (Å²) in [7, 11) is 0. The topological polar surface area (TPSA) is 49.3 Å². The molecule has 0 heterocycles. The van der Waals surface area contributed by atoms with Crippen LogP contribution in [0.3, 0.4) is 0 Å². The number of carboxylic acids is 1. The van der Waals surface area contributed by atoms with Gasteiger partial charge in [0.15, 0.2) is 0 Å². The molecule has 0 spiro atoms. The SMILES string of the molecule is O=C(O)C=Cc1cccc2c1CCC(NCc1ccccc1)C2. The predicted molar refractivity (Wildman–Crippen MR) is 92.2 cm³/mol. The largest absolute Gasteiger partial charge is 0.478 e. The van der Waals surface area contributed by atoms with Gasteiger partial charge in [-0.15, -0.1) is 0 Å². The van der Waals surface area contributed by atoms with Crippen molar-refractivity contribution < 1.29 is 9.90 Å². The van der Waals surface area contributed by atoms with E-state index in [9.17, 15) is 4.79 Å². The minimum absolute atomic E-state index is 0.474. The smallest absolute Gasteiger partial charge is 0.328 e. The van der Waals surface area contributed by atoms with Crippen LogP contribution in [0.4, 0.5) is 0 Å². The number of hydrogen-bond donors (Lipinski definition) is 2. The lowest BCUT2D eigenvalue weighted by Gasteiger charge is -2.27. The second-order valence-corrected chi connectivity index (χ2v) is 5.96. The van der Waals surface area contributed by atoms with E-state index in [0.29, 0.717) is 6.04 Å². The lowest BCUT2D eigenvalue weighted by Crippen LogP contribution is -2.34. The minimum atomic E-state index is -0.902. The quantitative estimate of drug-likeness (QED) is 0.832. The van der Waals surface area contributed by atoms with Crippen LogP contribution in [-0.4, -0.2) is 17.1 Å². The fraction of sp³-hybridized carbons (Fsp3) is 0.250. The first kappa shape index (κ1) is 15.5. The van der Waals surface area contributed by atoms with Crippen LogP contribution in [0.25, 0.3) is 6.08 Å². The Kier molecular flexibility index (Phi) is 4.89. The van der Waals surface area contributed by atoms with Crippen LogP contribution in [-0.2, 0) is 24.2 Å². The zero-order chi connectivity index (χ0) is 16.1. The summed E-state index contributed by atoms with van der Waals surface area (Å²) in [5.41, 5.74) is 4.96. The summed E-state index contributed by atoms with van der Waals surface area (Å²) in [5.74, 6) is -0.902. The molecule has 2 aromatic carbocycles. The molecule has 1 atom stereocenters. The second-order valence-electron chi connectivity index (χ2n) is 5.96. The molecular weight excluding hydrogens is 286 g/mol. The van der Waals surface area contributed by atoms with Gasteiger partial charge in [0.05, 0.1) is 0 Å². The van der Waals surface area contributed by atoms with Crippen molar-refractivity contribution in [3.05, 3.63) is 76.9 Å². The summed E-state index contributed by atoms with van der Waals surface area (Å²) >= 11 is 0. The highest BCUT2D eigenvalue weighted by molar-refractivity contribution is 5.85. The fourth-order valence-electron chi connectivity index (χ4n) is 3.19. The summed E-state index contributed by atoms with van der Waals surface area (Å²) < 4.78 is 0. The molecular formula is C20H21NO2. The Balaban J connectivity index is 1.67. The van der Waals surface area contributed by atoms with Gasteiger partial charge >= 0.3 is 5.97 Å². The molecule has 0 bridgehead atoms. The van der Waals surface area contributed by atoms with Crippen molar-refractivity contribution in [3.8, 4) is 0 Å². The van der Waals surface area contributed by atoms with E-state index in [4.69, 9.17) is 5.11 Å². The maximum absolute atomic E-state index is 10.7. The van der Waals surface area contributed by atoms with Gasteiger partial charge in [0, 0.05) is 18.7 Å². The molecule has 3 rings (SSSR count). The Morgan fingerprint density at radius 2 is 2.00 bits per heavy atom. The van der Waals surface area contributed by atoms with Crippen LogP contribution >= 0.6 is 0 Å². The molecule has 2 N–H and O–H groups in total. The first-order chi connectivity index (χ1) is 11.2. The highest BCUT2D eigenvalue weighted by Gasteiger charge is 2.19. The average Bonchev–Trinajstić information content (AvgIpc) is 2.58. The molecule has 0 aliphatic heterocycles. The monoisotopic (exact) mass is 307 g/mol. The number of fused-ring (bicyclic) bond motifs is 1. The van der Waals surface area contributed by atoms with Gasteiger partial charge in [-0.1, -0.05) is 48.5 Å². The first-order valence-electron chi connectivity index (χ1n) is 8.01. The van der Waals surface area contributed by atoms with Gasteiger partial charge in [0.25, 0.3) is 0 Å². The van der Waals surface area contributed by atoms with E-state index in [2.05, 4.69) is 35.6 Å². The number of rotatable bonds is 5. The number of hydrogen-bond acceptors (Lipinski definition) is 2. The summed E-state index contributed by atoms with van der Waals surface area (Å²) in [6.45, 7) is 0.888. The first-order valence-corrected chi connectivity index (χ1v) is 8.01. The van der Waals surface area contributed by atoms with Crippen LogP contribution in [0.15, 0.2) is 54.6 Å². The number of benzene rings is 2. The van der Waals surface area contributed by atoms with Crippen molar-refractivity contribution in [3.63, 3.8) is 0 Å². The van der Waals surface area contributed by atoms with Gasteiger partial charge < -0.3 is 10.4 Å². The Morgan fingerprint density at radius 3 is 2.78 bits per heavy atom. The summed E-state index contributed by atoms with van der Waals surface area (Å²) in [5, 5.41) is 12.4. The standard InChI is InChI=1S/C20H21NO2/c22-20(23)12-9-16-7-4-8-17-13-18(10-11-19(16)17)21-14-15-5-2-1-3-6-15/h1-9,12,18,21H,10-11,13-14H2,(H,22,23). The summed E-state index contributed by atoms with van der Waals surface area (Å²) in [6, 6.07) is 17.1. The van der Waals surface area contributed by atoms with E-state index in [0.717, 1.165) is 31.4 Å². The average molecular weight is 307 g/mol. The van der Waals surface area contributed by atoms with E-state index in [-0.39, 0.29) is 0 Å². The molecule has 2 aromatic rings. The normalized spacial score (nSPS) is 17.1. The van der Waals surface area contributed by atoms with Crippen molar-refractivity contribution in [1.29, 1.82) is 0 Å². The molecule has 118 valence electrons. The van der Waals surface area contributed by atoms with Crippen LogP contribution in [0.5, 0.6) is 0 Å². The van der Waals surface area contributed by atoms with Crippen LogP contribution in [0, 0.1) is 0 Å². The van der Waals surface area contributed by atoms with E-state index in [1.54, 1.807) is 6.08 Å². The molecule has 1 unspecified atom stereocenters. The molecule has 0 saturated carbocycles. The zero-order valence-corrected chi connectivity index (χ0v) is 13.0. The second kappa shape index (κ2) is 7.25. The molecule has 0 amide bonds. The Labute approximate surface area is 136 Å². The van der Waals surface area contributed by atoms with Gasteiger partial charge in [0.2, 0.25) is 0 Å². The molecule has 3 heteroatoms. The van der Waals surface area contributed by atoms with Crippen molar-refractivity contribution in [1.82, 2.24) is 5.32 Å². The number of carbonyl (C=O) groups is 1. The van der Waals surface area contributed by atoms with Gasteiger partial charge in [0.1, 0.15) is 0 Å². The molecule has 1 aliphatic rings. The summed E-state index contributed by atoms with van der Waals surface area (Å²) in [4.78, 5) is 10.7. The third-order valence-corrected chi connectivity index (χ3v) is 4.36. The Hall–Kier alpha value is -2.39. The molecule has 0 aromatic heterocycles. The highest BCUT2D eigenvalue weighted by Crippen LogP contribution is 2.26. The number of aliphatic carboxylic acids is 1. The van der Waals surface area contributed by atoms with Gasteiger partial charge in [-0.2, -0.15) is 0 Å². The van der Waals surface area contributed by atoms with Gasteiger partial charge in [-0.3, -0.25) is 0 Å². The lowest BCUT2D eigenvalue weighted by atomic mass is 9.85. The van der Waals surface area contributed by atoms with Gasteiger partial charge in [-0.05, 0) is 47.6 Å². The highest BCUT2D eigenvalue weighted by atomic mass is 16.4. The maximum atomic E-state index is 10.7. The minimum Gasteiger partial charge on any atom is -0.478 e. The lowest BCUT2D eigenvalue weighted by molar-refractivity contribution is -0.131. The third kappa shape index (κ3) is 4.08. The molecule has 0 fully saturated rings. The van der Waals surface area contributed by atoms with E-state index in [1.165, 1.54) is 22.8 Å². The van der Waals surface area contributed by atoms with Crippen LogP contribution in [0.1, 0.15) is 28.7 Å². The zero-order valence-electron chi connectivity index (χ0n) is 13.0. The van der Waals surface area contributed by atoms with Crippen LogP contribution in [0.2, 0.25) is 0 Å². The number of carboxylic acid groups (broad SMARTS) is 1. The third-order valence-electron chi connectivity index (χ3n) is 4.36. The van der Waals surface area contributed by atoms with Crippen molar-refractivity contribution in [2.24, 2.45) is 0 Å². The Bertz CT molecular complexity index is 707. The van der Waals surface area contributed by atoms with Crippen LogP contribution < -0.4 is 5.32 Å². The molecule has 0 saturated heterocycles. The molecule has 3 nitrogen and oxygen atoms in total.